The first-order valence-corrected chi connectivity index (χ1v) is 7.75. The van der Waals surface area contributed by atoms with Crippen molar-refractivity contribution < 1.29 is 4.79 Å². The van der Waals surface area contributed by atoms with Gasteiger partial charge in [0.15, 0.2) is 0 Å². The van der Waals surface area contributed by atoms with Crippen molar-refractivity contribution in [2.45, 2.75) is 38.4 Å². The molecule has 1 saturated carbocycles. The molecule has 4 rings (SSSR count). The number of fused-ring (bicyclic) bond motifs is 1. The van der Waals surface area contributed by atoms with Crippen molar-refractivity contribution in [2.75, 3.05) is 0 Å². The van der Waals surface area contributed by atoms with Gasteiger partial charge in [0, 0.05) is 24.6 Å². The van der Waals surface area contributed by atoms with Gasteiger partial charge in [-0.3, -0.25) is 4.68 Å². The fourth-order valence-electron chi connectivity index (χ4n) is 3.40. The number of urea groups is 1. The normalized spacial score (nSPS) is 22.5. The quantitative estimate of drug-likeness (QED) is 0.924. The van der Waals surface area contributed by atoms with Gasteiger partial charge in [0.05, 0.1) is 24.5 Å². The molecule has 2 amide bonds. The van der Waals surface area contributed by atoms with E-state index in [0.717, 1.165) is 17.8 Å². The average Bonchev–Trinajstić information content (AvgIpc) is 3.03. The number of hydrogen-bond acceptors (Lipinski definition) is 2. The average molecular weight is 296 g/mol. The summed E-state index contributed by atoms with van der Waals surface area (Å²) in [6, 6.07) is 10.7. The lowest BCUT2D eigenvalue weighted by Gasteiger charge is -2.17. The van der Waals surface area contributed by atoms with E-state index in [1.54, 1.807) is 0 Å². The van der Waals surface area contributed by atoms with Crippen molar-refractivity contribution in [2.24, 2.45) is 7.05 Å². The second-order valence-electron chi connectivity index (χ2n) is 6.30. The number of amides is 2. The fourth-order valence-corrected chi connectivity index (χ4v) is 3.40. The summed E-state index contributed by atoms with van der Waals surface area (Å²) in [6.45, 7) is 3.33. The van der Waals surface area contributed by atoms with Crippen LogP contribution in [0, 0.1) is 6.92 Å². The van der Waals surface area contributed by atoms with Gasteiger partial charge >= 0.3 is 6.03 Å². The molecule has 1 aliphatic heterocycles. The number of aryl methyl sites for hydroxylation is 2. The maximum atomic E-state index is 12.4. The number of rotatable bonds is 2. The predicted octanol–water partition coefficient (Wildman–Crippen LogP) is 2.31. The van der Waals surface area contributed by atoms with E-state index in [1.807, 2.05) is 29.6 Å². The second-order valence-corrected chi connectivity index (χ2v) is 6.30. The number of hydrogen-bond donors (Lipinski definition) is 1. The zero-order valence-electron chi connectivity index (χ0n) is 12.9. The van der Waals surface area contributed by atoms with Crippen LogP contribution < -0.4 is 5.32 Å². The summed E-state index contributed by atoms with van der Waals surface area (Å²) in [5, 5.41) is 7.58. The highest BCUT2D eigenvalue weighted by molar-refractivity contribution is 5.76. The monoisotopic (exact) mass is 296 g/mol. The summed E-state index contributed by atoms with van der Waals surface area (Å²) >= 11 is 0. The van der Waals surface area contributed by atoms with Gasteiger partial charge in [0.2, 0.25) is 0 Å². The standard InChI is InChI=1S/C17H20N4O/c1-11-14-9-21(10-16(14)20(2)19-11)17(22)18-15-8-13(15)12-6-4-3-5-7-12/h3-7,13,15H,8-10H2,1-2H3,(H,18,22)/t13-,15+/m0/s1. The molecule has 5 nitrogen and oxygen atoms in total. The van der Waals surface area contributed by atoms with Crippen LogP contribution in [-0.2, 0) is 20.1 Å². The van der Waals surface area contributed by atoms with E-state index >= 15 is 0 Å². The molecule has 1 N–H and O–H groups in total. The summed E-state index contributed by atoms with van der Waals surface area (Å²) in [4.78, 5) is 14.3. The summed E-state index contributed by atoms with van der Waals surface area (Å²) in [5.74, 6) is 0.471. The van der Waals surface area contributed by atoms with E-state index in [2.05, 4.69) is 34.7 Å². The predicted molar refractivity (Wildman–Crippen MR) is 83.3 cm³/mol. The lowest BCUT2D eigenvalue weighted by Crippen LogP contribution is -2.38. The molecular weight excluding hydrogens is 276 g/mol. The van der Waals surface area contributed by atoms with Crippen molar-refractivity contribution in [1.82, 2.24) is 20.0 Å². The van der Waals surface area contributed by atoms with Gasteiger partial charge in [-0.25, -0.2) is 4.79 Å². The number of aromatic nitrogens is 2. The zero-order chi connectivity index (χ0) is 15.3. The van der Waals surface area contributed by atoms with Crippen LogP contribution in [0.3, 0.4) is 0 Å². The van der Waals surface area contributed by atoms with Crippen LogP contribution in [-0.4, -0.2) is 26.8 Å². The fraction of sp³-hybridized carbons (Fsp3) is 0.412. The number of carbonyl (C=O) groups excluding carboxylic acids is 1. The van der Waals surface area contributed by atoms with E-state index < -0.39 is 0 Å². The Bertz CT molecular complexity index is 695. The van der Waals surface area contributed by atoms with Gasteiger partial charge in [-0.1, -0.05) is 30.3 Å². The molecular formula is C17H20N4O. The minimum absolute atomic E-state index is 0.0408. The van der Waals surface area contributed by atoms with Crippen molar-refractivity contribution in [3.05, 3.63) is 52.8 Å². The van der Waals surface area contributed by atoms with Gasteiger partial charge in [0.1, 0.15) is 0 Å². The molecule has 0 saturated heterocycles. The Kier molecular flexibility index (Phi) is 2.96. The Morgan fingerprint density at radius 2 is 2.05 bits per heavy atom. The number of benzene rings is 1. The van der Waals surface area contributed by atoms with Crippen LogP contribution in [0.1, 0.15) is 34.9 Å². The lowest BCUT2D eigenvalue weighted by molar-refractivity contribution is 0.196. The molecule has 1 aromatic heterocycles. The Balaban J connectivity index is 1.38. The molecule has 0 radical (unpaired) electrons. The molecule has 2 atom stereocenters. The largest absolute Gasteiger partial charge is 0.335 e. The molecule has 1 aliphatic carbocycles. The van der Waals surface area contributed by atoms with Crippen LogP contribution in [0.25, 0.3) is 0 Å². The maximum Gasteiger partial charge on any atom is 0.318 e. The Labute approximate surface area is 129 Å². The minimum Gasteiger partial charge on any atom is -0.335 e. The van der Waals surface area contributed by atoms with Crippen LogP contribution in [0.15, 0.2) is 30.3 Å². The molecule has 114 valence electrons. The molecule has 0 spiro atoms. The summed E-state index contributed by atoms with van der Waals surface area (Å²) in [5.41, 5.74) is 4.70. The summed E-state index contributed by atoms with van der Waals surface area (Å²) < 4.78 is 1.89. The van der Waals surface area contributed by atoms with Crippen LogP contribution >= 0.6 is 0 Å². The van der Waals surface area contributed by atoms with E-state index in [1.165, 1.54) is 11.1 Å². The third-order valence-electron chi connectivity index (χ3n) is 4.78. The van der Waals surface area contributed by atoms with Crippen molar-refractivity contribution in [3.8, 4) is 0 Å². The molecule has 22 heavy (non-hydrogen) atoms. The first-order chi connectivity index (χ1) is 10.6. The maximum absolute atomic E-state index is 12.4. The van der Waals surface area contributed by atoms with Crippen LogP contribution in [0.2, 0.25) is 0 Å². The van der Waals surface area contributed by atoms with Crippen LogP contribution in [0.5, 0.6) is 0 Å². The van der Waals surface area contributed by atoms with Crippen molar-refractivity contribution in [3.63, 3.8) is 0 Å². The number of nitrogens with zero attached hydrogens (tertiary/aromatic N) is 3. The summed E-state index contributed by atoms with van der Waals surface area (Å²) in [7, 11) is 1.94. The highest BCUT2D eigenvalue weighted by Gasteiger charge is 2.41. The Morgan fingerprint density at radius 1 is 1.27 bits per heavy atom. The Morgan fingerprint density at radius 3 is 2.77 bits per heavy atom. The highest BCUT2D eigenvalue weighted by Crippen LogP contribution is 2.40. The molecule has 2 heterocycles. The molecule has 0 unspecified atom stereocenters. The highest BCUT2D eigenvalue weighted by atomic mass is 16.2. The molecule has 2 aliphatic rings. The van der Waals surface area contributed by atoms with Gasteiger partial charge in [-0.2, -0.15) is 5.10 Å². The molecule has 2 aromatic rings. The van der Waals surface area contributed by atoms with E-state index in [4.69, 9.17) is 0 Å². The topological polar surface area (TPSA) is 50.2 Å². The smallest absolute Gasteiger partial charge is 0.318 e. The molecule has 1 aromatic carbocycles. The van der Waals surface area contributed by atoms with Crippen LogP contribution in [0.4, 0.5) is 4.79 Å². The SMILES string of the molecule is Cc1nn(C)c2c1CN(C(=O)N[C@@H]1C[C@H]1c1ccccc1)C2. The third kappa shape index (κ3) is 2.17. The number of nitrogens with one attached hydrogen (secondary N) is 1. The van der Waals surface area contributed by atoms with Gasteiger partial charge < -0.3 is 10.2 Å². The molecule has 5 heteroatoms. The zero-order valence-corrected chi connectivity index (χ0v) is 12.9. The van der Waals surface area contributed by atoms with E-state index in [0.29, 0.717) is 19.0 Å². The Hall–Kier alpha value is -2.30. The summed E-state index contributed by atoms with van der Waals surface area (Å²) in [6.07, 6.45) is 1.04. The van der Waals surface area contributed by atoms with Crippen molar-refractivity contribution >= 4 is 6.03 Å². The van der Waals surface area contributed by atoms with E-state index in [-0.39, 0.29) is 12.1 Å². The first-order valence-electron chi connectivity index (χ1n) is 7.75. The van der Waals surface area contributed by atoms with Crippen molar-refractivity contribution in [1.29, 1.82) is 0 Å². The second kappa shape index (κ2) is 4.87. The van der Waals surface area contributed by atoms with Gasteiger partial charge in [-0.05, 0) is 18.9 Å². The van der Waals surface area contributed by atoms with E-state index in [9.17, 15) is 4.79 Å². The number of carbonyl (C=O) groups is 1. The first kappa shape index (κ1) is 13.4. The van der Waals surface area contributed by atoms with Gasteiger partial charge in [-0.15, -0.1) is 0 Å². The molecule has 1 fully saturated rings. The molecule has 0 bridgehead atoms. The minimum atomic E-state index is 0.0408. The lowest BCUT2D eigenvalue weighted by atomic mass is 10.1. The third-order valence-corrected chi connectivity index (χ3v) is 4.78. The van der Waals surface area contributed by atoms with Gasteiger partial charge in [0.25, 0.3) is 0 Å².